The Hall–Kier alpha value is -1.77. The first-order chi connectivity index (χ1) is 10.4. The van der Waals surface area contributed by atoms with Crippen LogP contribution in [0.25, 0.3) is 0 Å². The van der Waals surface area contributed by atoms with Gasteiger partial charge in [-0.05, 0) is 48.8 Å². The molecule has 2 rings (SSSR count). The Balaban J connectivity index is 1.87. The first kappa shape index (κ1) is 16.6. The van der Waals surface area contributed by atoms with Gasteiger partial charge in [0.25, 0.3) is 0 Å². The van der Waals surface area contributed by atoms with Gasteiger partial charge in [-0.15, -0.1) is 0 Å². The van der Waals surface area contributed by atoms with E-state index in [0.717, 1.165) is 5.69 Å². The van der Waals surface area contributed by atoms with Crippen LogP contribution >= 0.6 is 0 Å². The second kappa shape index (κ2) is 6.99. The van der Waals surface area contributed by atoms with Gasteiger partial charge in [0.1, 0.15) is 0 Å². The van der Waals surface area contributed by atoms with Crippen LogP contribution in [0.1, 0.15) is 58.9 Å². The van der Waals surface area contributed by atoms with Crippen LogP contribution in [0.2, 0.25) is 0 Å². The number of carbonyl (C=O) groups is 1. The number of urea groups is 1. The van der Waals surface area contributed by atoms with Gasteiger partial charge < -0.3 is 10.6 Å². The molecule has 3 heteroatoms. The van der Waals surface area contributed by atoms with E-state index in [0.29, 0.717) is 5.92 Å². The number of anilines is 1. The predicted octanol–water partition coefficient (Wildman–Crippen LogP) is 5.20. The zero-order chi connectivity index (χ0) is 16.2. The van der Waals surface area contributed by atoms with Crippen LogP contribution in [-0.4, -0.2) is 6.03 Å². The highest BCUT2D eigenvalue weighted by Gasteiger charge is 2.16. The molecule has 0 unspecified atom stereocenters. The van der Waals surface area contributed by atoms with Crippen LogP contribution in [0.4, 0.5) is 10.5 Å². The average molecular weight is 300 g/mol. The van der Waals surface area contributed by atoms with Crippen molar-refractivity contribution in [2.75, 3.05) is 5.32 Å². The van der Waals surface area contributed by atoms with E-state index in [1.807, 2.05) is 18.3 Å². The number of rotatable bonds is 3. The molecule has 1 fully saturated rings. The third-order valence-corrected chi connectivity index (χ3v) is 4.44. The van der Waals surface area contributed by atoms with Crippen LogP contribution in [0.3, 0.4) is 0 Å². The molecule has 1 aromatic carbocycles. The molecule has 0 saturated heterocycles. The normalized spacial score (nSPS) is 16.6. The Labute approximate surface area is 134 Å². The van der Waals surface area contributed by atoms with E-state index in [1.54, 1.807) is 0 Å². The van der Waals surface area contributed by atoms with Crippen LogP contribution in [-0.2, 0) is 5.41 Å². The maximum atomic E-state index is 11.9. The monoisotopic (exact) mass is 300 g/mol. The zero-order valence-corrected chi connectivity index (χ0v) is 14.2. The fraction of sp³-hybridized carbons (Fsp3) is 0.526. The van der Waals surface area contributed by atoms with Crippen LogP contribution < -0.4 is 10.6 Å². The summed E-state index contributed by atoms with van der Waals surface area (Å²) >= 11 is 0. The summed E-state index contributed by atoms with van der Waals surface area (Å²) in [7, 11) is 0. The van der Waals surface area contributed by atoms with Gasteiger partial charge in [-0.1, -0.05) is 51.3 Å². The summed E-state index contributed by atoms with van der Waals surface area (Å²) in [6.07, 6.45) is 6.97. The van der Waals surface area contributed by atoms with Crippen LogP contribution in [0.5, 0.6) is 0 Å². The Kier molecular flexibility index (Phi) is 5.28. The van der Waals surface area contributed by atoms with Crippen molar-refractivity contribution in [1.29, 1.82) is 0 Å². The van der Waals surface area contributed by atoms with E-state index >= 15 is 0 Å². The third-order valence-electron chi connectivity index (χ3n) is 4.44. The quantitative estimate of drug-likeness (QED) is 0.791. The van der Waals surface area contributed by atoms with Gasteiger partial charge in [-0.2, -0.15) is 0 Å². The molecule has 0 aromatic heterocycles. The summed E-state index contributed by atoms with van der Waals surface area (Å²) in [4.78, 5) is 11.9. The number of amides is 2. The summed E-state index contributed by atoms with van der Waals surface area (Å²) in [5.74, 6) is 0.645. The lowest BCUT2D eigenvalue weighted by Gasteiger charge is -2.19. The summed E-state index contributed by atoms with van der Waals surface area (Å²) in [6, 6.07) is 7.85. The number of nitrogens with one attached hydrogen (secondary N) is 2. The minimum atomic E-state index is -0.180. The molecular weight excluding hydrogens is 272 g/mol. The summed E-state index contributed by atoms with van der Waals surface area (Å²) < 4.78 is 0. The Morgan fingerprint density at radius 2 is 1.73 bits per heavy atom. The molecule has 2 N–H and O–H groups in total. The van der Waals surface area contributed by atoms with E-state index in [1.165, 1.54) is 36.8 Å². The Morgan fingerprint density at radius 3 is 2.27 bits per heavy atom. The Morgan fingerprint density at radius 1 is 1.14 bits per heavy atom. The molecule has 0 bridgehead atoms. The number of benzene rings is 1. The molecule has 1 aliphatic rings. The highest BCUT2D eigenvalue weighted by Crippen LogP contribution is 2.30. The van der Waals surface area contributed by atoms with Crippen molar-refractivity contribution in [3.63, 3.8) is 0 Å². The Bertz CT molecular complexity index is 532. The first-order valence-electron chi connectivity index (χ1n) is 8.21. The molecule has 0 radical (unpaired) electrons. The molecule has 120 valence electrons. The molecule has 0 aliphatic heterocycles. The lowest BCUT2D eigenvalue weighted by atomic mass is 9.87. The van der Waals surface area contributed by atoms with Crippen molar-refractivity contribution in [3.8, 4) is 0 Å². The number of carbonyl (C=O) groups excluding carboxylic acids is 1. The van der Waals surface area contributed by atoms with Crippen molar-refractivity contribution in [1.82, 2.24) is 5.32 Å². The molecule has 3 nitrogen and oxygen atoms in total. The zero-order valence-electron chi connectivity index (χ0n) is 14.2. The maximum Gasteiger partial charge on any atom is 0.323 e. The average Bonchev–Trinajstić information content (AvgIpc) is 2.98. The fourth-order valence-electron chi connectivity index (χ4n) is 2.90. The van der Waals surface area contributed by atoms with Gasteiger partial charge in [0.15, 0.2) is 0 Å². The smallest absolute Gasteiger partial charge is 0.314 e. The summed E-state index contributed by atoms with van der Waals surface area (Å²) in [5, 5.41) is 5.71. The van der Waals surface area contributed by atoms with Gasteiger partial charge in [0.05, 0.1) is 0 Å². The van der Waals surface area contributed by atoms with Crippen molar-refractivity contribution in [3.05, 3.63) is 41.6 Å². The largest absolute Gasteiger partial charge is 0.323 e. The SMILES string of the molecule is C/C(=C\NC(=O)Nc1ccc(C(C)(C)C)cc1)C1CCCC1. The lowest BCUT2D eigenvalue weighted by molar-refractivity contribution is 0.255. The minimum absolute atomic E-state index is 0.127. The third kappa shape index (κ3) is 4.62. The molecule has 0 heterocycles. The number of hydrogen-bond acceptors (Lipinski definition) is 1. The van der Waals surface area contributed by atoms with Crippen molar-refractivity contribution >= 4 is 11.7 Å². The highest BCUT2D eigenvalue weighted by molar-refractivity contribution is 5.89. The molecular formula is C19H28N2O. The molecule has 1 aliphatic carbocycles. The van der Waals surface area contributed by atoms with Gasteiger partial charge in [-0.3, -0.25) is 0 Å². The van der Waals surface area contributed by atoms with Crippen LogP contribution in [0.15, 0.2) is 36.0 Å². The standard InChI is InChI=1S/C19H28N2O/c1-14(15-7-5-6-8-15)13-20-18(22)21-17-11-9-16(10-12-17)19(2,3)4/h9-13,15H,5-8H2,1-4H3,(H2,20,21,22)/b14-13+. The van der Waals surface area contributed by atoms with Crippen molar-refractivity contribution in [2.24, 2.45) is 5.92 Å². The second-order valence-electron chi connectivity index (χ2n) is 7.30. The summed E-state index contributed by atoms with van der Waals surface area (Å²) in [5.41, 5.74) is 3.48. The van der Waals surface area contributed by atoms with E-state index < -0.39 is 0 Å². The molecule has 2 amide bonds. The topological polar surface area (TPSA) is 41.1 Å². The molecule has 1 aromatic rings. The minimum Gasteiger partial charge on any atom is -0.314 e. The molecule has 1 saturated carbocycles. The van der Waals surface area contributed by atoms with E-state index in [9.17, 15) is 4.79 Å². The van der Waals surface area contributed by atoms with Crippen molar-refractivity contribution in [2.45, 2.75) is 58.8 Å². The van der Waals surface area contributed by atoms with Crippen LogP contribution in [0, 0.1) is 5.92 Å². The fourth-order valence-corrected chi connectivity index (χ4v) is 2.90. The predicted molar refractivity (Wildman–Crippen MR) is 93.0 cm³/mol. The van der Waals surface area contributed by atoms with Crippen molar-refractivity contribution < 1.29 is 4.79 Å². The van der Waals surface area contributed by atoms with E-state index in [-0.39, 0.29) is 11.4 Å². The summed E-state index contributed by atoms with van der Waals surface area (Å²) in [6.45, 7) is 8.64. The maximum absolute atomic E-state index is 11.9. The van der Waals surface area contributed by atoms with Gasteiger partial charge >= 0.3 is 6.03 Å². The van der Waals surface area contributed by atoms with Gasteiger partial charge in [0.2, 0.25) is 0 Å². The molecule has 22 heavy (non-hydrogen) atoms. The van der Waals surface area contributed by atoms with E-state index in [2.05, 4.69) is 50.5 Å². The molecule has 0 atom stereocenters. The van der Waals surface area contributed by atoms with Gasteiger partial charge in [0, 0.05) is 11.9 Å². The number of allylic oxidation sites excluding steroid dienone is 1. The highest BCUT2D eigenvalue weighted by atomic mass is 16.2. The second-order valence-corrected chi connectivity index (χ2v) is 7.30. The molecule has 0 spiro atoms. The van der Waals surface area contributed by atoms with E-state index in [4.69, 9.17) is 0 Å². The first-order valence-corrected chi connectivity index (χ1v) is 8.21. The van der Waals surface area contributed by atoms with Gasteiger partial charge in [-0.25, -0.2) is 4.79 Å². The number of hydrogen-bond donors (Lipinski definition) is 2. The lowest BCUT2D eigenvalue weighted by Crippen LogP contribution is -2.24.